The minimum Gasteiger partial charge on any atom is -0.394 e. The number of pyridine rings is 1. The molecule has 1 aromatic carbocycles. The minimum atomic E-state index is -0.598. The van der Waals surface area contributed by atoms with Crippen molar-refractivity contribution in [1.82, 2.24) is 14.9 Å². The molecule has 26 heavy (non-hydrogen) atoms. The van der Waals surface area contributed by atoms with Crippen molar-refractivity contribution in [3.8, 4) is 0 Å². The molecule has 0 fully saturated rings. The quantitative estimate of drug-likeness (QED) is 0.349. The zero-order valence-corrected chi connectivity index (χ0v) is 14.5. The Balaban J connectivity index is 2.06. The average Bonchev–Trinajstić information content (AvgIpc) is 3.09. The molecule has 0 atom stereocenters. The summed E-state index contributed by atoms with van der Waals surface area (Å²) >= 11 is 6.20. The second kappa shape index (κ2) is 7.69. The molecule has 2 aromatic heterocycles. The Bertz CT molecular complexity index is 961. The Hall–Kier alpha value is -2.68. The molecule has 9 heteroatoms. The third-order valence-electron chi connectivity index (χ3n) is 3.64. The molecule has 3 aromatic rings. The van der Waals surface area contributed by atoms with Gasteiger partial charge in [-0.05, 0) is 30.7 Å². The van der Waals surface area contributed by atoms with Gasteiger partial charge in [-0.15, -0.1) is 0 Å². The number of carbonyl (C=O) groups is 1. The Morgan fingerprint density at radius 1 is 1.42 bits per heavy atom. The van der Waals surface area contributed by atoms with E-state index in [1.807, 2.05) is 0 Å². The standard InChI is InChI=1S/C17H16ClFN4O3/c1-10-2-3-13(12(19)6-10)21-16-11(17(25)22-26-5-4-24)7-15(18)23-9-20-8-14(16)23/h2-3,6-9,21,24H,4-5H2,1H3,(H,22,25). The van der Waals surface area contributed by atoms with E-state index in [4.69, 9.17) is 21.5 Å². The van der Waals surface area contributed by atoms with Gasteiger partial charge in [-0.3, -0.25) is 14.0 Å². The van der Waals surface area contributed by atoms with Crippen LogP contribution in [0, 0.1) is 12.7 Å². The number of nitrogens with one attached hydrogen (secondary N) is 2. The summed E-state index contributed by atoms with van der Waals surface area (Å²) in [7, 11) is 0. The molecule has 0 unspecified atom stereocenters. The molecule has 0 spiro atoms. The maximum atomic E-state index is 14.3. The molecule has 3 N–H and O–H groups in total. The van der Waals surface area contributed by atoms with Crippen LogP contribution in [-0.2, 0) is 4.84 Å². The van der Waals surface area contributed by atoms with Gasteiger partial charge >= 0.3 is 0 Å². The van der Waals surface area contributed by atoms with E-state index < -0.39 is 11.7 Å². The van der Waals surface area contributed by atoms with Crippen molar-refractivity contribution in [2.45, 2.75) is 6.92 Å². The number of halogens is 2. The highest BCUT2D eigenvalue weighted by molar-refractivity contribution is 6.30. The first-order valence-electron chi connectivity index (χ1n) is 7.72. The number of fused-ring (bicyclic) bond motifs is 1. The first kappa shape index (κ1) is 18.1. The van der Waals surface area contributed by atoms with Gasteiger partial charge in [0.15, 0.2) is 0 Å². The maximum absolute atomic E-state index is 14.3. The SMILES string of the molecule is Cc1ccc(Nc2c(C(=O)NOCCO)cc(Cl)n3cncc23)c(F)c1. The molecule has 3 rings (SSSR count). The van der Waals surface area contributed by atoms with E-state index in [0.29, 0.717) is 11.2 Å². The summed E-state index contributed by atoms with van der Waals surface area (Å²) in [5.41, 5.74) is 4.13. The van der Waals surface area contributed by atoms with E-state index in [2.05, 4.69) is 15.8 Å². The van der Waals surface area contributed by atoms with E-state index in [0.717, 1.165) is 5.56 Å². The number of benzene rings is 1. The number of amides is 1. The van der Waals surface area contributed by atoms with Crippen molar-refractivity contribution in [3.63, 3.8) is 0 Å². The highest BCUT2D eigenvalue weighted by atomic mass is 35.5. The van der Waals surface area contributed by atoms with Crippen LogP contribution in [0.2, 0.25) is 5.15 Å². The highest BCUT2D eigenvalue weighted by Crippen LogP contribution is 2.31. The van der Waals surface area contributed by atoms with E-state index in [-0.39, 0.29) is 29.6 Å². The zero-order valence-electron chi connectivity index (χ0n) is 13.8. The second-order valence-corrected chi connectivity index (χ2v) is 5.90. The third-order valence-corrected chi connectivity index (χ3v) is 3.94. The molecule has 0 aliphatic carbocycles. The van der Waals surface area contributed by atoms with Gasteiger partial charge in [0.05, 0.1) is 41.9 Å². The van der Waals surface area contributed by atoms with Gasteiger partial charge in [-0.2, -0.15) is 0 Å². The van der Waals surface area contributed by atoms with Crippen LogP contribution in [-0.4, -0.2) is 33.6 Å². The lowest BCUT2D eigenvalue weighted by atomic mass is 10.1. The zero-order chi connectivity index (χ0) is 18.7. The summed E-state index contributed by atoms with van der Waals surface area (Å²) < 4.78 is 15.8. The number of hydrogen-bond donors (Lipinski definition) is 3. The summed E-state index contributed by atoms with van der Waals surface area (Å²) in [4.78, 5) is 21.3. The number of nitrogens with zero attached hydrogens (tertiary/aromatic N) is 2. The molecule has 0 saturated heterocycles. The molecule has 0 bridgehead atoms. The molecule has 0 aliphatic rings. The predicted molar refractivity (Wildman–Crippen MR) is 95.1 cm³/mol. The van der Waals surface area contributed by atoms with E-state index in [1.165, 1.54) is 24.7 Å². The number of aryl methyl sites for hydroxylation is 1. The molecule has 7 nitrogen and oxygen atoms in total. The number of hydroxylamine groups is 1. The molecule has 0 radical (unpaired) electrons. The fraction of sp³-hybridized carbons (Fsp3) is 0.176. The van der Waals surface area contributed by atoms with Gasteiger partial charge in [0.1, 0.15) is 17.3 Å². The van der Waals surface area contributed by atoms with Crippen LogP contribution in [0.1, 0.15) is 15.9 Å². The Morgan fingerprint density at radius 3 is 2.96 bits per heavy atom. The van der Waals surface area contributed by atoms with E-state index in [9.17, 15) is 9.18 Å². The van der Waals surface area contributed by atoms with Crippen molar-refractivity contribution in [2.75, 3.05) is 18.5 Å². The topological polar surface area (TPSA) is 87.9 Å². The Labute approximate surface area is 153 Å². The van der Waals surface area contributed by atoms with Gasteiger partial charge in [0, 0.05) is 0 Å². The first-order chi connectivity index (χ1) is 12.5. The summed E-state index contributed by atoms with van der Waals surface area (Å²) in [6, 6.07) is 6.13. The number of hydrogen-bond acceptors (Lipinski definition) is 5. The average molecular weight is 379 g/mol. The highest BCUT2D eigenvalue weighted by Gasteiger charge is 2.19. The maximum Gasteiger partial charge on any atom is 0.277 e. The van der Waals surface area contributed by atoms with Crippen LogP contribution < -0.4 is 10.8 Å². The van der Waals surface area contributed by atoms with Gasteiger partial charge in [-0.1, -0.05) is 17.7 Å². The Morgan fingerprint density at radius 2 is 2.23 bits per heavy atom. The lowest BCUT2D eigenvalue weighted by molar-refractivity contribution is 0.0169. The van der Waals surface area contributed by atoms with Crippen molar-refractivity contribution in [1.29, 1.82) is 0 Å². The van der Waals surface area contributed by atoms with Crippen molar-refractivity contribution < 1.29 is 19.1 Å². The first-order valence-corrected chi connectivity index (χ1v) is 8.09. The molecule has 0 aliphatic heterocycles. The van der Waals surface area contributed by atoms with Crippen LogP contribution in [0.25, 0.3) is 5.52 Å². The van der Waals surface area contributed by atoms with Crippen LogP contribution in [0.5, 0.6) is 0 Å². The fourth-order valence-corrected chi connectivity index (χ4v) is 2.68. The van der Waals surface area contributed by atoms with Crippen LogP contribution in [0.15, 0.2) is 36.8 Å². The summed E-state index contributed by atoms with van der Waals surface area (Å²) in [5, 5.41) is 11.9. The minimum absolute atomic E-state index is 0.0657. The Kier molecular flexibility index (Phi) is 5.36. The monoisotopic (exact) mass is 378 g/mol. The van der Waals surface area contributed by atoms with Gasteiger partial charge in [-0.25, -0.2) is 14.9 Å². The van der Waals surface area contributed by atoms with Crippen LogP contribution in [0.3, 0.4) is 0 Å². The molecule has 1 amide bonds. The van der Waals surface area contributed by atoms with Crippen LogP contribution in [0.4, 0.5) is 15.8 Å². The van der Waals surface area contributed by atoms with Crippen molar-refractivity contribution in [2.24, 2.45) is 0 Å². The lowest BCUT2D eigenvalue weighted by Crippen LogP contribution is -2.26. The van der Waals surface area contributed by atoms with E-state index in [1.54, 1.807) is 23.5 Å². The third kappa shape index (κ3) is 3.62. The smallest absolute Gasteiger partial charge is 0.277 e. The number of anilines is 2. The lowest BCUT2D eigenvalue weighted by Gasteiger charge is -2.15. The second-order valence-electron chi connectivity index (χ2n) is 5.52. The molecule has 2 heterocycles. The predicted octanol–water partition coefficient (Wildman–Crippen LogP) is 2.83. The summed E-state index contributed by atoms with van der Waals surface area (Å²) in [6.45, 7) is 1.47. The summed E-state index contributed by atoms with van der Waals surface area (Å²) in [6.07, 6.45) is 2.99. The number of imidazole rings is 1. The van der Waals surface area contributed by atoms with Crippen molar-refractivity contribution in [3.05, 3.63) is 58.9 Å². The number of aliphatic hydroxyl groups is 1. The molecule has 136 valence electrons. The normalized spacial score (nSPS) is 10.9. The fourth-order valence-electron chi connectivity index (χ4n) is 2.43. The van der Waals surface area contributed by atoms with Gasteiger partial charge in [0.2, 0.25) is 0 Å². The molecular weight excluding hydrogens is 363 g/mol. The number of carbonyl (C=O) groups excluding carboxylic acids is 1. The van der Waals surface area contributed by atoms with Gasteiger partial charge < -0.3 is 10.4 Å². The van der Waals surface area contributed by atoms with E-state index >= 15 is 0 Å². The molecular formula is C17H16ClFN4O3. The largest absolute Gasteiger partial charge is 0.394 e. The molecule has 0 saturated carbocycles. The number of rotatable bonds is 6. The van der Waals surface area contributed by atoms with Crippen molar-refractivity contribution >= 4 is 34.4 Å². The van der Waals surface area contributed by atoms with Gasteiger partial charge in [0.25, 0.3) is 5.91 Å². The number of aliphatic hydroxyl groups excluding tert-OH is 1. The number of aromatic nitrogens is 2. The van der Waals surface area contributed by atoms with Crippen LogP contribution >= 0.6 is 11.6 Å². The summed E-state index contributed by atoms with van der Waals surface area (Å²) in [5.74, 6) is -1.06.